The van der Waals surface area contributed by atoms with Crippen LogP contribution in [-0.4, -0.2) is 16.2 Å². The summed E-state index contributed by atoms with van der Waals surface area (Å²) in [5, 5.41) is 19.1. The van der Waals surface area contributed by atoms with Crippen molar-refractivity contribution in [2.75, 3.05) is 0 Å². The Hall–Kier alpha value is -2.43. The molecule has 0 aromatic carbocycles. The van der Waals surface area contributed by atoms with Crippen LogP contribution in [0.1, 0.15) is 28.2 Å². The lowest BCUT2D eigenvalue weighted by molar-refractivity contribution is -0.385. The monoisotopic (exact) mass is 227 g/mol. The molecule has 16 heavy (non-hydrogen) atoms. The largest absolute Gasteiger partial charge is 0.315 e. The number of aromatic nitrogens is 1. The number of nitrogens with zero attached hydrogens (tertiary/aromatic N) is 3. The van der Waals surface area contributed by atoms with Crippen molar-refractivity contribution in [2.24, 2.45) is 0 Å². The summed E-state index contributed by atoms with van der Waals surface area (Å²) < 4.78 is 24.5. The summed E-state index contributed by atoms with van der Waals surface area (Å²) in [5.41, 5.74) is -3.09. The predicted molar refractivity (Wildman–Crippen MR) is 46.0 cm³/mol. The van der Waals surface area contributed by atoms with Crippen molar-refractivity contribution >= 4 is 12.0 Å². The van der Waals surface area contributed by atoms with Crippen molar-refractivity contribution in [1.29, 1.82) is 5.26 Å². The lowest BCUT2D eigenvalue weighted by Gasteiger charge is -2.02. The Morgan fingerprint density at radius 1 is 1.62 bits per heavy atom. The SMILES string of the molecule is N#Cc1cc(C(F)F)nc(C=O)c1[N+](=O)[O-]. The number of carbonyl (C=O) groups is 1. The van der Waals surface area contributed by atoms with E-state index < -0.39 is 34.0 Å². The van der Waals surface area contributed by atoms with Crippen LogP contribution in [0.3, 0.4) is 0 Å². The summed E-state index contributed by atoms with van der Waals surface area (Å²) in [6, 6.07) is 1.97. The first-order valence-corrected chi connectivity index (χ1v) is 3.84. The Bertz CT molecular complexity index is 496. The molecule has 0 N–H and O–H groups in total. The molecule has 0 amide bonds. The molecule has 1 heterocycles. The van der Waals surface area contributed by atoms with Gasteiger partial charge in [0.05, 0.1) is 4.92 Å². The van der Waals surface area contributed by atoms with Crippen molar-refractivity contribution in [1.82, 2.24) is 4.98 Å². The summed E-state index contributed by atoms with van der Waals surface area (Å²) in [4.78, 5) is 23.1. The van der Waals surface area contributed by atoms with E-state index in [0.29, 0.717) is 6.07 Å². The number of halogens is 2. The molecular formula is C8H3F2N3O3. The van der Waals surface area contributed by atoms with Crippen LogP contribution in [-0.2, 0) is 0 Å². The zero-order valence-electron chi connectivity index (χ0n) is 7.55. The maximum atomic E-state index is 12.3. The fourth-order valence-electron chi connectivity index (χ4n) is 1.05. The van der Waals surface area contributed by atoms with Crippen LogP contribution in [0.2, 0.25) is 0 Å². The highest BCUT2D eigenvalue weighted by atomic mass is 19.3. The van der Waals surface area contributed by atoms with Crippen LogP contribution >= 0.6 is 0 Å². The summed E-state index contributed by atoms with van der Waals surface area (Å²) in [6.07, 6.45) is -3.04. The molecule has 0 saturated carbocycles. The Kier molecular flexibility index (Phi) is 3.20. The van der Waals surface area contributed by atoms with Gasteiger partial charge >= 0.3 is 5.69 Å². The second-order valence-electron chi connectivity index (χ2n) is 2.62. The van der Waals surface area contributed by atoms with Crippen LogP contribution in [0.25, 0.3) is 0 Å². The van der Waals surface area contributed by atoms with Gasteiger partial charge in [-0.3, -0.25) is 14.9 Å². The van der Waals surface area contributed by atoms with Gasteiger partial charge in [0.25, 0.3) is 6.43 Å². The first kappa shape index (κ1) is 11.6. The topological polar surface area (TPSA) is 96.9 Å². The molecule has 1 aromatic heterocycles. The molecule has 0 aliphatic carbocycles. The van der Waals surface area contributed by atoms with Crippen molar-refractivity contribution < 1.29 is 18.5 Å². The third-order valence-electron chi connectivity index (χ3n) is 1.68. The van der Waals surface area contributed by atoms with E-state index in [4.69, 9.17) is 5.26 Å². The molecule has 1 aromatic rings. The second kappa shape index (κ2) is 4.39. The average Bonchev–Trinajstić information content (AvgIpc) is 2.26. The smallest absolute Gasteiger partial charge is 0.296 e. The molecule has 0 spiro atoms. The molecule has 0 aliphatic rings. The van der Waals surface area contributed by atoms with Gasteiger partial charge < -0.3 is 0 Å². The molecule has 0 saturated heterocycles. The van der Waals surface area contributed by atoms with E-state index >= 15 is 0 Å². The van der Waals surface area contributed by atoms with Gasteiger partial charge in [-0.25, -0.2) is 13.8 Å². The molecule has 0 unspecified atom stereocenters. The highest BCUT2D eigenvalue weighted by Gasteiger charge is 2.24. The number of pyridine rings is 1. The van der Waals surface area contributed by atoms with E-state index in [-0.39, 0.29) is 6.29 Å². The molecule has 0 bridgehead atoms. The summed E-state index contributed by atoms with van der Waals surface area (Å²) in [7, 11) is 0. The van der Waals surface area contributed by atoms with Gasteiger partial charge in [-0.05, 0) is 6.07 Å². The maximum Gasteiger partial charge on any atom is 0.315 e. The molecule has 0 fully saturated rings. The van der Waals surface area contributed by atoms with Crippen LogP contribution < -0.4 is 0 Å². The van der Waals surface area contributed by atoms with Gasteiger partial charge in [0, 0.05) is 0 Å². The predicted octanol–water partition coefficient (Wildman–Crippen LogP) is 1.61. The van der Waals surface area contributed by atoms with Crippen molar-refractivity contribution in [3.8, 4) is 6.07 Å². The third-order valence-corrected chi connectivity index (χ3v) is 1.68. The molecule has 82 valence electrons. The first-order valence-electron chi connectivity index (χ1n) is 3.84. The molecule has 0 radical (unpaired) electrons. The van der Waals surface area contributed by atoms with Gasteiger partial charge in [-0.15, -0.1) is 0 Å². The minimum absolute atomic E-state index is 0.0369. The number of hydrogen-bond donors (Lipinski definition) is 0. The Morgan fingerprint density at radius 2 is 2.25 bits per heavy atom. The Labute approximate surface area is 87.3 Å². The molecule has 0 atom stereocenters. The molecule has 0 aliphatic heterocycles. The highest BCUT2D eigenvalue weighted by molar-refractivity contribution is 5.80. The zero-order valence-corrected chi connectivity index (χ0v) is 7.55. The molecule has 8 heteroatoms. The minimum atomic E-state index is -3.01. The summed E-state index contributed by atoms with van der Waals surface area (Å²) in [5.74, 6) is 0. The lowest BCUT2D eigenvalue weighted by atomic mass is 10.1. The normalized spacial score (nSPS) is 9.88. The standard InChI is InChI=1S/C8H3F2N3O3/c9-8(10)5-1-4(2-11)7(13(15)16)6(3-14)12-5/h1,3,8H. The number of aldehydes is 1. The fourth-order valence-corrected chi connectivity index (χ4v) is 1.05. The molecular weight excluding hydrogens is 224 g/mol. The van der Waals surface area contributed by atoms with Gasteiger partial charge in [-0.2, -0.15) is 5.26 Å². The van der Waals surface area contributed by atoms with Crippen molar-refractivity contribution in [3.63, 3.8) is 0 Å². The number of hydrogen-bond acceptors (Lipinski definition) is 5. The molecule has 1 rings (SSSR count). The maximum absolute atomic E-state index is 12.3. The van der Waals surface area contributed by atoms with E-state index in [9.17, 15) is 23.7 Å². The van der Waals surface area contributed by atoms with Crippen LogP contribution in [0.5, 0.6) is 0 Å². The molecule has 6 nitrogen and oxygen atoms in total. The lowest BCUT2D eigenvalue weighted by Crippen LogP contribution is -2.04. The van der Waals surface area contributed by atoms with Gasteiger partial charge in [0.2, 0.25) is 0 Å². The highest BCUT2D eigenvalue weighted by Crippen LogP contribution is 2.25. The van der Waals surface area contributed by atoms with E-state index in [2.05, 4.69) is 4.98 Å². The van der Waals surface area contributed by atoms with E-state index in [1.807, 2.05) is 0 Å². The second-order valence-corrected chi connectivity index (χ2v) is 2.62. The Morgan fingerprint density at radius 3 is 2.62 bits per heavy atom. The van der Waals surface area contributed by atoms with E-state index in [0.717, 1.165) is 0 Å². The van der Waals surface area contributed by atoms with E-state index in [1.54, 1.807) is 0 Å². The fraction of sp³-hybridized carbons (Fsp3) is 0.125. The number of nitriles is 1. The van der Waals surface area contributed by atoms with Crippen molar-refractivity contribution in [3.05, 3.63) is 33.1 Å². The zero-order chi connectivity index (χ0) is 12.3. The number of rotatable bonds is 3. The first-order chi connectivity index (χ1) is 7.51. The third kappa shape index (κ3) is 1.98. The van der Waals surface area contributed by atoms with Crippen LogP contribution in [0.15, 0.2) is 6.07 Å². The number of alkyl halides is 2. The van der Waals surface area contributed by atoms with Crippen LogP contribution in [0.4, 0.5) is 14.5 Å². The van der Waals surface area contributed by atoms with Gasteiger partial charge in [0.1, 0.15) is 17.3 Å². The average molecular weight is 227 g/mol. The summed E-state index contributed by atoms with van der Waals surface area (Å²) >= 11 is 0. The van der Waals surface area contributed by atoms with Crippen molar-refractivity contribution in [2.45, 2.75) is 6.43 Å². The Balaban J connectivity index is 3.57. The van der Waals surface area contributed by atoms with Gasteiger partial charge in [-0.1, -0.05) is 0 Å². The van der Waals surface area contributed by atoms with E-state index in [1.165, 1.54) is 6.07 Å². The quantitative estimate of drug-likeness (QED) is 0.443. The van der Waals surface area contributed by atoms with Gasteiger partial charge in [0.15, 0.2) is 12.0 Å². The number of carbonyl (C=O) groups excluding carboxylic acids is 1. The summed E-state index contributed by atoms with van der Waals surface area (Å²) in [6.45, 7) is 0. The number of nitro groups is 1. The van der Waals surface area contributed by atoms with Crippen LogP contribution in [0, 0.1) is 21.4 Å². The minimum Gasteiger partial charge on any atom is -0.296 e.